The molecule has 1 heterocycles. The van der Waals surface area contributed by atoms with Crippen LogP contribution in [0, 0.1) is 11.8 Å². The van der Waals surface area contributed by atoms with Crippen molar-refractivity contribution < 1.29 is 23.9 Å². The number of fused-ring (bicyclic) bond motifs is 1. The fourth-order valence-corrected chi connectivity index (χ4v) is 3.59. The van der Waals surface area contributed by atoms with Crippen LogP contribution in [0.1, 0.15) is 32.3 Å². The van der Waals surface area contributed by atoms with E-state index in [1.807, 2.05) is 31.2 Å². The molecule has 7 heteroatoms. The molecule has 1 aliphatic heterocycles. The van der Waals surface area contributed by atoms with E-state index in [1.54, 1.807) is 12.1 Å². The van der Waals surface area contributed by atoms with Crippen molar-refractivity contribution in [2.75, 3.05) is 11.9 Å². The molecule has 1 N–H and O–H groups in total. The smallest absolute Gasteiger partial charge is 0.329 e. The molecule has 1 saturated heterocycles. The second kappa shape index (κ2) is 8.37. The Morgan fingerprint density at radius 1 is 1.11 bits per heavy atom. The second-order valence-electron chi connectivity index (χ2n) is 7.08. The van der Waals surface area contributed by atoms with Crippen molar-refractivity contribution in [2.24, 2.45) is 11.8 Å². The van der Waals surface area contributed by atoms with Gasteiger partial charge in [0.25, 0.3) is 5.91 Å². The Morgan fingerprint density at radius 2 is 1.68 bits per heavy atom. The van der Waals surface area contributed by atoms with Crippen LogP contribution >= 0.6 is 0 Å². The van der Waals surface area contributed by atoms with Gasteiger partial charge in [-0.2, -0.15) is 0 Å². The summed E-state index contributed by atoms with van der Waals surface area (Å²) in [6.45, 7) is 3.00. The molecule has 0 spiro atoms. The zero-order valence-electron chi connectivity index (χ0n) is 16.0. The number of anilines is 1. The van der Waals surface area contributed by atoms with Crippen LogP contribution in [0.5, 0.6) is 0 Å². The molecule has 1 aromatic carbocycles. The van der Waals surface area contributed by atoms with Crippen LogP contribution in [0.4, 0.5) is 5.69 Å². The van der Waals surface area contributed by atoms with E-state index < -0.39 is 36.4 Å². The van der Waals surface area contributed by atoms with Gasteiger partial charge in [0.2, 0.25) is 11.8 Å². The maximum atomic E-state index is 12.5. The molecule has 2 aliphatic rings. The van der Waals surface area contributed by atoms with Gasteiger partial charge < -0.3 is 10.1 Å². The molecule has 0 unspecified atom stereocenters. The minimum Gasteiger partial charge on any atom is -0.454 e. The van der Waals surface area contributed by atoms with Crippen molar-refractivity contribution in [1.82, 2.24) is 4.90 Å². The van der Waals surface area contributed by atoms with Crippen molar-refractivity contribution in [3.8, 4) is 0 Å². The van der Waals surface area contributed by atoms with Crippen molar-refractivity contribution >= 4 is 29.4 Å². The lowest BCUT2D eigenvalue weighted by Crippen LogP contribution is -2.45. The van der Waals surface area contributed by atoms with E-state index in [2.05, 4.69) is 5.32 Å². The number of imide groups is 1. The Morgan fingerprint density at radius 3 is 2.21 bits per heavy atom. The molecule has 0 radical (unpaired) electrons. The van der Waals surface area contributed by atoms with E-state index in [9.17, 15) is 19.2 Å². The number of allylic oxidation sites excluding steroid dienone is 2. The zero-order chi connectivity index (χ0) is 20.3. The summed E-state index contributed by atoms with van der Waals surface area (Å²) in [4.78, 5) is 50.3. The van der Waals surface area contributed by atoms with E-state index in [1.165, 1.54) is 6.92 Å². The Balaban J connectivity index is 1.53. The zero-order valence-corrected chi connectivity index (χ0v) is 16.0. The first-order valence-electron chi connectivity index (χ1n) is 9.49. The molecular formula is C21H24N2O5. The molecule has 1 aliphatic carbocycles. The van der Waals surface area contributed by atoms with Gasteiger partial charge in [-0.05, 0) is 43.9 Å². The Kier molecular flexibility index (Phi) is 5.92. The number of carbonyl (C=O) groups excluding carboxylic acids is 4. The van der Waals surface area contributed by atoms with E-state index in [-0.39, 0.29) is 11.8 Å². The first-order chi connectivity index (χ1) is 13.4. The molecule has 3 rings (SSSR count). The average Bonchev–Trinajstić information content (AvgIpc) is 2.97. The van der Waals surface area contributed by atoms with Gasteiger partial charge >= 0.3 is 5.97 Å². The Hall–Kier alpha value is -2.96. The molecule has 7 nitrogen and oxygen atoms in total. The third-order valence-electron chi connectivity index (χ3n) is 5.26. The highest BCUT2D eigenvalue weighted by Gasteiger charge is 2.50. The van der Waals surface area contributed by atoms with Crippen LogP contribution in [0.25, 0.3) is 0 Å². The predicted octanol–water partition coefficient (Wildman–Crippen LogP) is 2.07. The highest BCUT2D eigenvalue weighted by atomic mass is 16.5. The number of likely N-dealkylation sites (tertiary alicyclic amines) is 1. The third kappa shape index (κ3) is 3.98. The van der Waals surface area contributed by atoms with Crippen molar-refractivity contribution in [2.45, 2.75) is 39.2 Å². The number of amides is 3. The van der Waals surface area contributed by atoms with Crippen LogP contribution in [-0.2, 0) is 30.3 Å². The van der Waals surface area contributed by atoms with Gasteiger partial charge in [-0.3, -0.25) is 19.3 Å². The van der Waals surface area contributed by atoms with Crippen LogP contribution < -0.4 is 5.32 Å². The summed E-state index contributed by atoms with van der Waals surface area (Å²) in [6.07, 6.45) is 5.68. The number of nitrogens with one attached hydrogen (secondary N) is 1. The first kappa shape index (κ1) is 19.8. The van der Waals surface area contributed by atoms with Gasteiger partial charge in [0.05, 0.1) is 11.8 Å². The van der Waals surface area contributed by atoms with Gasteiger partial charge in [-0.1, -0.05) is 31.2 Å². The minimum absolute atomic E-state index is 0.343. The predicted molar refractivity (Wildman–Crippen MR) is 102 cm³/mol. The van der Waals surface area contributed by atoms with Gasteiger partial charge in [-0.25, -0.2) is 4.79 Å². The van der Waals surface area contributed by atoms with Crippen LogP contribution in [0.2, 0.25) is 0 Å². The number of ether oxygens (including phenoxy) is 1. The molecule has 1 fully saturated rings. The van der Waals surface area contributed by atoms with E-state index in [0.29, 0.717) is 18.5 Å². The molecule has 3 atom stereocenters. The van der Waals surface area contributed by atoms with Crippen LogP contribution in [0.15, 0.2) is 36.4 Å². The lowest BCUT2D eigenvalue weighted by Gasteiger charge is -2.21. The van der Waals surface area contributed by atoms with E-state index in [4.69, 9.17) is 4.74 Å². The molecule has 0 saturated carbocycles. The van der Waals surface area contributed by atoms with E-state index in [0.717, 1.165) is 16.9 Å². The number of hydrogen-bond donors (Lipinski definition) is 1. The van der Waals surface area contributed by atoms with Crippen LogP contribution in [0.3, 0.4) is 0 Å². The van der Waals surface area contributed by atoms with Crippen molar-refractivity contribution in [1.29, 1.82) is 0 Å². The quantitative estimate of drug-likeness (QED) is 0.460. The summed E-state index contributed by atoms with van der Waals surface area (Å²) >= 11 is 0. The van der Waals surface area contributed by atoms with E-state index >= 15 is 0 Å². The van der Waals surface area contributed by atoms with Gasteiger partial charge in [0.1, 0.15) is 6.04 Å². The average molecular weight is 384 g/mol. The summed E-state index contributed by atoms with van der Waals surface area (Å²) in [5.74, 6) is -2.75. The highest BCUT2D eigenvalue weighted by molar-refractivity contribution is 6.08. The topological polar surface area (TPSA) is 92.8 Å². The molecule has 3 amide bonds. The fourth-order valence-electron chi connectivity index (χ4n) is 3.59. The minimum atomic E-state index is -1.05. The van der Waals surface area contributed by atoms with Gasteiger partial charge in [0, 0.05) is 5.69 Å². The lowest BCUT2D eigenvalue weighted by atomic mass is 9.85. The SMILES string of the molecule is CCc1ccc(NC(=O)COC(=O)[C@H](C)N2C(=O)[C@H]3CC=CC[C@@H]3C2=O)cc1. The first-order valence-corrected chi connectivity index (χ1v) is 9.49. The fraction of sp³-hybridized carbons (Fsp3) is 0.429. The molecule has 148 valence electrons. The summed E-state index contributed by atoms with van der Waals surface area (Å²) in [5, 5.41) is 2.64. The monoisotopic (exact) mass is 384 g/mol. The second-order valence-corrected chi connectivity index (χ2v) is 7.08. The number of hydrogen-bond acceptors (Lipinski definition) is 5. The number of aryl methyl sites for hydroxylation is 1. The summed E-state index contributed by atoms with van der Waals surface area (Å²) in [6, 6.07) is 6.31. The molecular weight excluding hydrogens is 360 g/mol. The molecule has 0 bridgehead atoms. The number of carbonyl (C=O) groups is 4. The standard InChI is InChI=1S/C21H24N2O5/c1-3-14-8-10-15(11-9-14)22-18(24)12-28-21(27)13(2)23-19(25)16-6-4-5-7-17(16)20(23)26/h4-5,8-11,13,16-17H,3,6-7,12H2,1-2H3,(H,22,24)/t13-,16-,17-/m0/s1. The highest BCUT2D eigenvalue weighted by Crippen LogP contribution is 2.36. The third-order valence-corrected chi connectivity index (χ3v) is 5.26. The van der Waals surface area contributed by atoms with Gasteiger partial charge in [-0.15, -0.1) is 0 Å². The number of nitrogens with zero attached hydrogens (tertiary/aromatic N) is 1. The summed E-state index contributed by atoms with van der Waals surface area (Å²) < 4.78 is 5.03. The summed E-state index contributed by atoms with van der Waals surface area (Å²) in [5.41, 5.74) is 1.75. The largest absolute Gasteiger partial charge is 0.454 e. The Bertz CT molecular complexity index is 789. The molecule has 0 aromatic heterocycles. The maximum absolute atomic E-state index is 12.5. The number of esters is 1. The maximum Gasteiger partial charge on any atom is 0.329 e. The normalized spacial score (nSPS) is 22.0. The summed E-state index contributed by atoms with van der Waals surface area (Å²) in [7, 11) is 0. The molecule has 28 heavy (non-hydrogen) atoms. The molecule has 1 aromatic rings. The van der Waals surface area contributed by atoms with Crippen molar-refractivity contribution in [3.63, 3.8) is 0 Å². The van der Waals surface area contributed by atoms with Crippen molar-refractivity contribution in [3.05, 3.63) is 42.0 Å². The number of benzene rings is 1. The van der Waals surface area contributed by atoms with Crippen LogP contribution in [-0.4, -0.2) is 41.2 Å². The Labute approximate surface area is 163 Å². The lowest BCUT2D eigenvalue weighted by molar-refractivity contribution is -0.159. The van der Waals surface area contributed by atoms with Gasteiger partial charge in [0.15, 0.2) is 6.61 Å². The number of rotatable bonds is 6.